The summed E-state index contributed by atoms with van der Waals surface area (Å²) in [6.45, 7) is 4.49. The maximum absolute atomic E-state index is 13.0. The first-order valence-corrected chi connectivity index (χ1v) is 7.67. The van der Waals surface area contributed by atoms with Crippen molar-refractivity contribution in [1.82, 2.24) is 0 Å². The van der Waals surface area contributed by atoms with Crippen molar-refractivity contribution < 1.29 is 23.2 Å². The molecule has 122 valence electrons. The summed E-state index contributed by atoms with van der Waals surface area (Å²) in [5, 5.41) is 0. The molecule has 1 N–H and O–H groups in total. The van der Waals surface area contributed by atoms with Gasteiger partial charge in [0.1, 0.15) is 12.4 Å². The Morgan fingerprint density at radius 3 is 2.57 bits per heavy atom. The van der Waals surface area contributed by atoms with Crippen LogP contribution in [0, 0.1) is 5.82 Å². The van der Waals surface area contributed by atoms with Crippen LogP contribution in [0.4, 0.5) is 10.1 Å². The highest BCUT2D eigenvalue weighted by Crippen LogP contribution is 2.14. The van der Waals surface area contributed by atoms with Crippen LogP contribution in [-0.2, 0) is 11.3 Å². The number of furan rings is 1. The number of rotatable bonds is 4. The highest BCUT2D eigenvalue weighted by Gasteiger charge is 2.22. The van der Waals surface area contributed by atoms with Crippen LogP contribution in [0.3, 0.4) is 0 Å². The number of nitrogens with zero attached hydrogens (tertiary/aromatic N) is 1. The Balaban J connectivity index is 1.54. The lowest BCUT2D eigenvalue weighted by molar-refractivity contribution is -0.915. The minimum Gasteiger partial charge on any atom is -0.463 e. The number of carbonyl (C=O) groups is 1. The molecule has 1 aromatic carbocycles. The standard InChI is InChI=1S/C17H19FN2O3/c1-22-17(21)16-7-6-15(23-16)12-19-8-10-20(11-9-19)14-4-2-13(18)3-5-14/h2-7H,8-12H2,1H3/p+1. The van der Waals surface area contributed by atoms with Crippen molar-refractivity contribution in [2.75, 3.05) is 38.2 Å². The number of nitrogens with one attached hydrogen (secondary N) is 1. The number of quaternary nitrogens is 1. The lowest BCUT2D eigenvalue weighted by Crippen LogP contribution is -3.13. The fraction of sp³-hybridized carbons (Fsp3) is 0.353. The first-order chi connectivity index (χ1) is 11.2. The molecule has 6 heteroatoms. The summed E-state index contributed by atoms with van der Waals surface area (Å²) in [4.78, 5) is 15.0. The van der Waals surface area contributed by atoms with Crippen molar-refractivity contribution in [3.63, 3.8) is 0 Å². The molecule has 0 bridgehead atoms. The first kappa shape index (κ1) is 15.6. The van der Waals surface area contributed by atoms with Gasteiger partial charge in [0.25, 0.3) is 0 Å². The van der Waals surface area contributed by atoms with Gasteiger partial charge in [-0.15, -0.1) is 0 Å². The molecule has 1 aromatic heterocycles. The van der Waals surface area contributed by atoms with Gasteiger partial charge in [0.2, 0.25) is 5.76 Å². The minimum atomic E-state index is -0.452. The van der Waals surface area contributed by atoms with Gasteiger partial charge in [0, 0.05) is 5.69 Å². The van der Waals surface area contributed by atoms with E-state index >= 15 is 0 Å². The van der Waals surface area contributed by atoms with Gasteiger partial charge in [-0.3, -0.25) is 0 Å². The highest BCUT2D eigenvalue weighted by atomic mass is 19.1. The summed E-state index contributed by atoms with van der Waals surface area (Å²) in [5.74, 6) is 0.368. The topological polar surface area (TPSA) is 47.1 Å². The van der Waals surface area contributed by atoms with Crippen LogP contribution in [0.5, 0.6) is 0 Å². The molecule has 0 amide bonds. The number of hydrogen-bond donors (Lipinski definition) is 1. The van der Waals surface area contributed by atoms with Crippen LogP contribution in [-0.4, -0.2) is 39.3 Å². The molecule has 2 heterocycles. The quantitative estimate of drug-likeness (QED) is 0.858. The molecule has 1 fully saturated rings. The van der Waals surface area contributed by atoms with Crippen LogP contribution >= 0.6 is 0 Å². The van der Waals surface area contributed by atoms with Gasteiger partial charge >= 0.3 is 5.97 Å². The van der Waals surface area contributed by atoms with Crippen LogP contribution < -0.4 is 9.80 Å². The predicted octanol–water partition coefficient (Wildman–Crippen LogP) is 1.11. The van der Waals surface area contributed by atoms with E-state index in [2.05, 4.69) is 9.64 Å². The molecule has 1 saturated heterocycles. The number of anilines is 1. The number of carbonyl (C=O) groups excluding carboxylic acids is 1. The van der Waals surface area contributed by atoms with Crippen molar-refractivity contribution >= 4 is 11.7 Å². The lowest BCUT2D eigenvalue weighted by atomic mass is 10.2. The molecule has 0 saturated carbocycles. The fourth-order valence-corrected chi connectivity index (χ4v) is 2.84. The molecule has 0 spiro atoms. The Morgan fingerprint density at radius 1 is 1.22 bits per heavy atom. The van der Waals surface area contributed by atoms with E-state index in [-0.39, 0.29) is 11.6 Å². The molecule has 0 aliphatic carbocycles. The Morgan fingerprint density at radius 2 is 1.91 bits per heavy atom. The van der Waals surface area contributed by atoms with E-state index in [0.717, 1.165) is 44.2 Å². The molecule has 2 aromatic rings. The lowest BCUT2D eigenvalue weighted by Gasteiger charge is -2.33. The van der Waals surface area contributed by atoms with Crippen molar-refractivity contribution in [1.29, 1.82) is 0 Å². The third-order valence-corrected chi connectivity index (χ3v) is 4.13. The number of ether oxygens (including phenoxy) is 1. The second kappa shape index (κ2) is 6.83. The van der Waals surface area contributed by atoms with Gasteiger partial charge < -0.3 is 19.0 Å². The van der Waals surface area contributed by atoms with Gasteiger partial charge in [0.15, 0.2) is 5.76 Å². The zero-order valence-electron chi connectivity index (χ0n) is 13.0. The molecule has 0 atom stereocenters. The average molecular weight is 319 g/mol. The largest absolute Gasteiger partial charge is 0.463 e. The Bertz CT molecular complexity index is 661. The summed E-state index contributed by atoms with van der Waals surface area (Å²) in [6, 6.07) is 10.1. The van der Waals surface area contributed by atoms with Crippen LogP contribution in [0.2, 0.25) is 0 Å². The number of benzene rings is 1. The number of methoxy groups -OCH3 is 1. The zero-order chi connectivity index (χ0) is 16.2. The van der Waals surface area contributed by atoms with Crippen molar-refractivity contribution in [3.05, 3.63) is 53.7 Å². The van der Waals surface area contributed by atoms with E-state index in [1.165, 1.54) is 24.1 Å². The molecule has 1 aliphatic heterocycles. The number of hydrogen-bond acceptors (Lipinski definition) is 4. The highest BCUT2D eigenvalue weighted by molar-refractivity contribution is 5.86. The first-order valence-electron chi connectivity index (χ1n) is 7.67. The van der Waals surface area contributed by atoms with Crippen LogP contribution in [0.25, 0.3) is 0 Å². The van der Waals surface area contributed by atoms with Gasteiger partial charge in [-0.05, 0) is 36.4 Å². The predicted molar refractivity (Wildman–Crippen MR) is 83.1 cm³/mol. The van der Waals surface area contributed by atoms with Gasteiger partial charge in [-0.25, -0.2) is 9.18 Å². The minimum absolute atomic E-state index is 0.211. The summed E-state index contributed by atoms with van der Waals surface area (Å²) in [7, 11) is 1.34. The van der Waals surface area contributed by atoms with Gasteiger partial charge in [-0.2, -0.15) is 0 Å². The summed E-state index contributed by atoms with van der Waals surface area (Å²) >= 11 is 0. The van der Waals surface area contributed by atoms with Crippen LogP contribution in [0.15, 0.2) is 40.8 Å². The summed E-state index contributed by atoms with van der Waals surface area (Å²) in [6.07, 6.45) is 0. The molecule has 0 radical (unpaired) electrons. The molecule has 0 unspecified atom stereocenters. The van der Waals surface area contributed by atoms with Gasteiger partial charge in [-0.1, -0.05) is 0 Å². The summed E-state index contributed by atoms with van der Waals surface area (Å²) < 4.78 is 23.1. The van der Waals surface area contributed by atoms with Crippen molar-refractivity contribution in [2.24, 2.45) is 0 Å². The molecule has 3 rings (SSSR count). The normalized spacial score (nSPS) is 15.7. The van der Waals surface area contributed by atoms with Gasteiger partial charge in [0.05, 0.1) is 33.3 Å². The monoisotopic (exact) mass is 319 g/mol. The van der Waals surface area contributed by atoms with Crippen LogP contribution in [0.1, 0.15) is 16.3 Å². The van der Waals surface area contributed by atoms with E-state index in [1.807, 2.05) is 18.2 Å². The molecule has 1 aliphatic rings. The van der Waals surface area contributed by atoms with E-state index in [0.29, 0.717) is 0 Å². The van der Waals surface area contributed by atoms with Crippen molar-refractivity contribution in [3.8, 4) is 0 Å². The molecular weight excluding hydrogens is 299 g/mol. The maximum atomic E-state index is 13.0. The molecular formula is C17H20FN2O3+. The summed E-state index contributed by atoms with van der Waals surface area (Å²) in [5.41, 5.74) is 1.05. The second-order valence-corrected chi connectivity index (χ2v) is 5.65. The van der Waals surface area contributed by atoms with E-state index in [4.69, 9.17) is 4.42 Å². The van der Waals surface area contributed by atoms with E-state index in [9.17, 15) is 9.18 Å². The average Bonchev–Trinajstić information content (AvgIpc) is 3.04. The van der Waals surface area contributed by atoms with E-state index in [1.54, 1.807) is 6.07 Å². The third kappa shape index (κ3) is 3.71. The number of piperazine rings is 1. The smallest absolute Gasteiger partial charge is 0.373 e. The molecule has 5 nitrogen and oxygen atoms in total. The molecule has 23 heavy (non-hydrogen) atoms. The second-order valence-electron chi connectivity index (χ2n) is 5.65. The zero-order valence-corrected chi connectivity index (χ0v) is 13.0. The number of halogens is 1. The Labute approximate surface area is 134 Å². The fourth-order valence-electron chi connectivity index (χ4n) is 2.84. The SMILES string of the molecule is COC(=O)c1ccc(C[NH+]2CCN(c3ccc(F)cc3)CC2)o1. The Hall–Kier alpha value is -2.34. The third-order valence-electron chi connectivity index (χ3n) is 4.13. The maximum Gasteiger partial charge on any atom is 0.373 e. The van der Waals surface area contributed by atoms with E-state index < -0.39 is 5.97 Å². The Kier molecular flexibility index (Phi) is 4.62. The number of esters is 1. The van der Waals surface area contributed by atoms with Crippen molar-refractivity contribution in [2.45, 2.75) is 6.54 Å².